The third-order valence-electron chi connectivity index (χ3n) is 2.14. The van der Waals surface area contributed by atoms with Crippen molar-refractivity contribution in [3.63, 3.8) is 0 Å². The monoisotopic (exact) mass is 217 g/mol. The van der Waals surface area contributed by atoms with Gasteiger partial charge in [0, 0.05) is 6.04 Å². The van der Waals surface area contributed by atoms with Gasteiger partial charge in [-0.2, -0.15) is 0 Å². The summed E-state index contributed by atoms with van der Waals surface area (Å²) < 4.78 is 12.9. The lowest BCUT2D eigenvalue weighted by atomic mass is 9.83. The highest BCUT2D eigenvalue weighted by Gasteiger charge is 2.22. The molecule has 0 saturated carbocycles. The Balaban J connectivity index is 0.00000169. The van der Waals surface area contributed by atoms with Crippen molar-refractivity contribution in [1.82, 2.24) is 0 Å². The normalized spacial score (nSPS) is 13.2. The summed E-state index contributed by atoms with van der Waals surface area (Å²) in [6.07, 6.45) is 0. The molecule has 0 radical (unpaired) electrons. The Morgan fingerprint density at radius 1 is 1.29 bits per heavy atom. The fourth-order valence-corrected chi connectivity index (χ4v) is 1.20. The molecule has 1 aromatic rings. The molecule has 2 N–H and O–H groups in total. The van der Waals surface area contributed by atoms with Crippen molar-refractivity contribution in [3.8, 4) is 0 Å². The van der Waals surface area contributed by atoms with Crippen LogP contribution in [0.1, 0.15) is 32.4 Å². The molecule has 1 nitrogen and oxygen atoms in total. The maximum atomic E-state index is 12.9. The molecule has 0 spiro atoms. The number of hydrogen-bond acceptors (Lipinski definition) is 1. The molecule has 0 saturated heterocycles. The van der Waals surface area contributed by atoms with Gasteiger partial charge in [0.15, 0.2) is 0 Å². The third kappa shape index (κ3) is 3.28. The highest BCUT2D eigenvalue weighted by atomic mass is 35.5. The summed E-state index contributed by atoms with van der Waals surface area (Å²) in [6, 6.07) is 6.35. The number of benzene rings is 1. The highest BCUT2D eigenvalue weighted by molar-refractivity contribution is 5.85. The maximum absolute atomic E-state index is 12.9. The Hall–Kier alpha value is -0.600. The summed E-state index contributed by atoms with van der Waals surface area (Å²) in [5.41, 5.74) is 6.79. The van der Waals surface area contributed by atoms with E-state index in [1.165, 1.54) is 12.1 Å². The summed E-state index contributed by atoms with van der Waals surface area (Å²) in [7, 11) is 0. The first-order valence-electron chi connectivity index (χ1n) is 4.42. The van der Waals surface area contributed by atoms with E-state index < -0.39 is 0 Å². The molecule has 0 unspecified atom stereocenters. The number of nitrogens with two attached hydrogens (primary N) is 1. The van der Waals surface area contributed by atoms with Crippen molar-refractivity contribution in [2.24, 2.45) is 11.1 Å². The Morgan fingerprint density at radius 3 is 2.29 bits per heavy atom. The second kappa shape index (κ2) is 4.76. The zero-order valence-electron chi connectivity index (χ0n) is 8.75. The molecule has 0 bridgehead atoms. The average molecular weight is 218 g/mol. The van der Waals surface area contributed by atoms with Crippen LogP contribution < -0.4 is 5.73 Å². The predicted molar refractivity (Wildman–Crippen MR) is 60.0 cm³/mol. The molecule has 0 heterocycles. The minimum absolute atomic E-state index is 0. The van der Waals surface area contributed by atoms with Crippen LogP contribution in [0, 0.1) is 11.2 Å². The molecule has 0 aliphatic carbocycles. The van der Waals surface area contributed by atoms with Crippen LogP contribution in [0.15, 0.2) is 24.3 Å². The number of rotatable bonds is 1. The molecule has 1 atom stereocenters. The lowest BCUT2D eigenvalue weighted by Gasteiger charge is -2.27. The quantitative estimate of drug-likeness (QED) is 0.768. The Kier molecular flexibility index (Phi) is 4.56. The van der Waals surface area contributed by atoms with Crippen molar-refractivity contribution < 1.29 is 4.39 Å². The van der Waals surface area contributed by atoms with Crippen LogP contribution in [0.25, 0.3) is 0 Å². The molecule has 0 aliphatic rings. The van der Waals surface area contributed by atoms with Crippen LogP contribution in [-0.4, -0.2) is 0 Å². The summed E-state index contributed by atoms with van der Waals surface area (Å²) >= 11 is 0. The fourth-order valence-electron chi connectivity index (χ4n) is 1.20. The van der Waals surface area contributed by atoms with Gasteiger partial charge in [0.25, 0.3) is 0 Å². The van der Waals surface area contributed by atoms with Crippen LogP contribution in [0.5, 0.6) is 0 Å². The molecule has 3 heteroatoms. The van der Waals surface area contributed by atoms with Gasteiger partial charge in [0.1, 0.15) is 5.82 Å². The first-order chi connectivity index (χ1) is 5.91. The molecule has 1 rings (SSSR count). The summed E-state index contributed by atoms with van der Waals surface area (Å²) in [6.45, 7) is 6.13. The minimum atomic E-state index is -0.225. The lowest BCUT2D eigenvalue weighted by molar-refractivity contribution is 0.326. The van der Waals surface area contributed by atoms with Crippen molar-refractivity contribution in [2.75, 3.05) is 0 Å². The van der Waals surface area contributed by atoms with Gasteiger partial charge in [-0.1, -0.05) is 32.9 Å². The van der Waals surface area contributed by atoms with Gasteiger partial charge >= 0.3 is 0 Å². The first-order valence-corrected chi connectivity index (χ1v) is 4.42. The molecule has 1 aromatic carbocycles. The van der Waals surface area contributed by atoms with Crippen molar-refractivity contribution >= 4 is 12.4 Å². The molecule has 0 fully saturated rings. The van der Waals surface area contributed by atoms with E-state index in [4.69, 9.17) is 5.73 Å². The van der Waals surface area contributed by atoms with Gasteiger partial charge in [-0.25, -0.2) is 4.39 Å². The van der Waals surface area contributed by atoms with E-state index in [1.807, 2.05) is 26.8 Å². The summed E-state index contributed by atoms with van der Waals surface area (Å²) in [5, 5.41) is 0. The van der Waals surface area contributed by atoms with Crippen LogP contribution >= 0.6 is 12.4 Å². The zero-order valence-corrected chi connectivity index (χ0v) is 9.57. The Bertz CT molecular complexity index is 294. The van der Waals surface area contributed by atoms with Crippen molar-refractivity contribution in [1.29, 1.82) is 0 Å². The fraction of sp³-hybridized carbons (Fsp3) is 0.455. The van der Waals surface area contributed by atoms with Crippen molar-refractivity contribution in [2.45, 2.75) is 26.8 Å². The smallest absolute Gasteiger partial charge is 0.123 e. The highest BCUT2D eigenvalue weighted by Crippen LogP contribution is 2.30. The maximum Gasteiger partial charge on any atom is 0.123 e. The van der Waals surface area contributed by atoms with Crippen LogP contribution in [0.3, 0.4) is 0 Å². The third-order valence-corrected chi connectivity index (χ3v) is 2.14. The molecular weight excluding hydrogens is 201 g/mol. The van der Waals surface area contributed by atoms with Gasteiger partial charge in [0.2, 0.25) is 0 Å². The van der Waals surface area contributed by atoms with Gasteiger partial charge in [-0.3, -0.25) is 0 Å². The van der Waals surface area contributed by atoms with E-state index in [0.29, 0.717) is 0 Å². The summed E-state index contributed by atoms with van der Waals surface area (Å²) in [4.78, 5) is 0. The van der Waals surface area contributed by atoms with Gasteiger partial charge in [-0.15, -0.1) is 12.4 Å². The first kappa shape index (κ1) is 13.4. The van der Waals surface area contributed by atoms with Gasteiger partial charge < -0.3 is 5.73 Å². The topological polar surface area (TPSA) is 26.0 Å². The van der Waals surface area contributed by atoms with Crippen molar-refractivity contribution in [3.05, 3.63) is 35.6 Å². The van der Waals surface area contributed by atoms with E-state index in [2.05, 4.69) is 0 Å². The number of hydrogen-bond donors (Lipinski definition) is 1. The average Bonchev–Trinajstić information content (AvgIpc) is 2.01. The summed E-state index contributed by atoms with van der Waals surface area (Å²) in [5.74, 6) is -0.225. The molecule has 80 valence electrons. The molecule has 0 amide bonds. The predicted octanol–water partition coefficient (Wildman–Crippen LogP) is 3.29. The van der Waals surface area contributed by atoms with E-state index in [-0.39, 0.29) is 29.7 Å². The van der Waals surface area contributed by atoms with E-state index in [9.17, 15) is 4.39 Å². The zero-order chi connectivity index (χ0) is 10.1. The largest absolute Gasteiger partial charge is 0.324 e. The second-order valence-electron chi connectivity index (χ2n) is 4.40. The number of halogens is 2. The minimum Gasteiger partial charge on any atom is -0.324 e. The van der Waals surface area contributed by atoms with E-state index in [1.54, 1.807) is 6.07 Å². The molecular formula is C11H17ClFN. The van der Waals surface area contributed by atoms with E-state index in [0.717, 1.165) is 5.56 Å². The van der Waals surface area contributed by atoms with Crippen LogP contribution in [0.4, 0.5) is 4.39 Å². The second-order valence-corrected chi connectivity index (χ2v) is 4.40. The lowest BCUT2D eigenvalue weighted by Crippen LogP contribution is -2.26. The van der Waals surface area contributed by atoms with Gasteiger partial charge in [-0.05, 0) is 23.1 Å². The van der Waals surface area contributed by atoms with E-state index >= 15 is 0 Å². The molecule has 0 aliphatic heterocycles. The standard InChI is InChI=1S/C11H16FN.ClH/c1-11(2,3)10(13)8-5-4-6-9(12)7-8;/h4-7,10H,13H2,1-3H3;1H/t10-;/m0./s1. The molecule has 14 heavy (non-hydrogen) atoms. The van der Waals surface area contributed by atoms with Crippen LogP contribution in [-0.2, 0) is 0 Å². The SMILES string of the molecule is CC(C)(C)[C@@H](N)c1cccc(F)c1.Cl. The molecule has 0 aromatic heterocycles. The van der Waals surface area contributed by atoms with Crippen LogP contribution in [0.2, 0.25) is 0 Å². The Morgan fingerprint density at radius 2 is 1.86 bits per heavy atom. The van der Waals surface area contributed by atoms with Gasteiger partial charge in [0.05, 0.1) is 0 Å². The Labute approximate surface area is 90.9 Å².